The Labute approximate surface area is 124 Å². The van der Waals surface area contributed by atoms with Crippen LogP contribution in [-0.4, -0.2) is 34.6 Å². The third-order valence-corrected chi connectivity index (χ3v) is 4.48. The number of halogens is 3. The lowest BCUT2D eigenvalue weighted by molar-refractivity contribution is -0.136. The molecule has 4 amide bonds. The zero-order chi connectivity index (χ0) is 16.2. The molecule has 1 atom stereocenters. The van der Waals surface area contributed by atoms with E-state index in [4.69, 9.17) is 0 Å². The van der Waals surface area contributed by atoms with E-state index in [1.165, 1.54) is 0 Å². The van der Waals surface area contributed by atoms with E-state index >= 15 is 0 Å². The molecule has 1 aromatic heterocycles. The van der Waals surface area contributed by atoms with Gasteiger partial charge in [0.25, 0.3) is 11.8 Å². The molecule has 0 bridgehead atoms. The van der Waals surface area contributed by atoms with E-state index in [9.17, 15) is 32.3 Å². The number of imide groups is 2. The maximum absolute atomic E-state index is 12.9. The molecule has 1 N–H and O–H groups in total. The first-order valence-corrected chi connectivity index (χ1v) is 7.00. The van der Waals surface area contributed by atoms with E-state index < -0.39 is 46.3 Å². The van der Waals surface area contributed by atoms with Crippen LogP contribution in [0.15, 0.2) is 5.38 Å². The molecule has 1 aromatic rings. The number of alkyl halides is 3. The highest BCUT2D eigenvalue weighted by molar-refractivity contribution is 7.11. The summed E-state index contributed by atoms with van der Waals surface area (Å²) in [6, 6.07) is -1.27. The molecule has 10 heteroatoms. The molecule has 1 saturated heterocycles. The fourth-order valence-electron chi connectivity index (χ4n) is 2.49. The molecule has 1 unspecified atom stereocenters. The minimum atomic E-state index is -4.75. The molecule has 3 rings (SSSR count). The molecule has 116 valence electrons. The van der Waals surface area contributed by atoms with Crippen molar-refractivity contribution in [3.8, 4) is 0 Å². The third kappa shape index (κ3) is 2.02. The second-order valence-electron chi connectivity index (χ2n) is 4.80. The monoisotopic (exact) mass is 332 g/mol. The highest BCUT2D eigenvalue weighted by Gasteiger charge is 2.50. The molecule has 6 nitrogen and oxygen atoms in total. The summed E-state index contributed by atoms with van der Waals surface area (Å²) in [5.74, 6) is -3.50. The summed E-state index contributed by atoms with van der Waals surface area (Å²) in [6.07, 6.45) is -4.95. The molecule has 2 aliphatic heterocycles. The van der Waals surface area contributed by atoms with E-state index in [1.54, 1.807) is 0 Å². The van der Waals surface area contributed by atoms with Crippen LogP contribution in [0, 0.1) is 0 Å². The number of piperidine rings is 1. The predicted octanol–water partition coefficient (Wildman–Crippen LogP) is 1.17. The summed E-state index contributed by atoms with van der Waals surface area (Å²) in [5.41, 5.74) is -1.07. The topological polar surface area (TPSA) is 83.6 Å². The normalized spacial score (nSPS) is 22.1. The summed E-state index contributed by atoms with van der Waals surface area (Å²) in [7, 11) is 0. The van der Waals surface area contributed by atoms with Gasteiger partial charge in [0.2, 0.25) is 11.8 Å². The highest BCUT2D eigenvalue weighted by Crippen LogP contribution is 2.42. The van der Waals surface area contributed by atoms with Crippen molar-refractivity contribution in [2.75, 3.05) is 0 Å². The number of nitrogens with one attached hydrogen (secondary N) is 1. The fourth-order valence-corrected chi connectivity index (χ4v) is 3.39. The van der Waals surface area contributed by atoms with Gasteiger partial charge in [0.15, 0.2) is 0 Å². The first kappa shape index (κ1) is 14.7. The van der Waals surface area contributed by atoms with Gasteiger partial charge >= 0.3 is 6.18 Å². The SMILES string of the molecule is O=C1CCC(N2C(=O)c3csc(C(F)(F)F)c3C2=O)C(=O)N1. The number of nitrogens with zero attached hydrogens (tertiary/aromatic N) is 1. The second-order valence-corrected chi connectivity index (χ2v) is 5.68. The maximum atomic E-state index is 12.9. The lowest BCUT2D eigenvalue weighted by atomic mass is 10.0. The van der Waals surface area contributed by atoms with Gasteiger partial charge in [0.05, 0.1) is 11.1 Å². The number of fused-ring (bicyclic) bond motifs is 1. The van der Waals surface area contributed by atoms with Crippen molar-refractivity contribution in [2.45, 2.75) is 25.1 Å². The van der Waals surface area contributed by atoms with Crippen LogP contribution >= 0.6 is 11.3 Å². The Kier molecular flexibility index (Phi) is 3.09. The van der Waals surface area contributed by atoms with Crippen molar-refractivity contribution in [3.05, 3.63) is 21.4 Å². The van der Waals surface area contributed by atoms with Crippen LogP contribution in [0.2, 0.25) is 0 Å². The van der Waals surface area contributed by atoms with Crippen molar-refractivity contribution < 1.29 is 32.3 Å². The summed E-state index contributed by atoms with van der Waals surface area (Å²) >= 11 is 0.268. The highest BCUT2D eigenvalue weighted by atomic mass is 32.1. The van der Waals surface area contributed by atoms with Gasteiger partial charge in [-0.3, -0.25) is 29.4 Å². The van der Waals surface area contributed by atoms with E-state index in [0.717, 1.165) is 5.38 Å². The fraction of sp³-hybridized carbons (Fsp3) is 0.333. The first-order valence-electron chi connectivity index (χ1n) is 6.12. The second kappa shape index (κ2) is 4.63. The Morgan fingerprint density at radius 2 is 1.86 bits per heavy atom. The van der Waals surface area contributed by atoms with Gasteiger partial charge in [-0.2, -0.15) is 13.2 Å². The number of hydrogen-bond acceptors (Lipinski definition) is 5. The predicted molar refractivity (Wildman–Crippen MR) is 66.0 cm³/mol. The quantitative estimate of drug-likeness (QED) is 0.783. The summed E-state index contributed by atoms with van der Waals surface area (Å²) < 4.78 is 38.6. The van der Waals surface area contributed by atoms with Gasteiger partial charge in [-0.15, -0.1) is 11.3 Å². The average molecular weight is 332 g/mol. The van der Waals surface area contributed by atoms with Gasteiger partial charge < -0.3 is 0 Å². The van der Waals surface area contributed by atoms with Crippen LogP contribution < -0.4 is 5.32 Å². The first-order chi connectivity index (χ1) is 10.2. The molecule has 2 aliphatic rings. The van der Waals surface area contributed by atoms with E-state index in [2.05, 4.69) is 0 Å². The largest absolute Gasteiger partial charge is 0.426 e. The van der Waals surface area contributed by atoms with Crippen molar-refractivity contribution in [3.63, 3.8) is 0 Å². The van der Waals surface area contributed by atoms with Crippen LogP contribution in [0.25, 0.3) is 0 Å². The summed E-state index contributed by atoms with van der Waals surface area (Å²) in [6.45, 7) is 0. The Morgan fingerprint density at radius 3 is 2.45 bits per heavy atom. The van der Waals surface area contributed by atoms with Gasteiger partial charge in [-0.05, 0) is 6.42 Å². The number of carbonyl (C=O) groups is 4. The molecule has 0 radical (unpaired) electrons. The number of amides is 4. The molecule has 0 saturated carbocycles. The molecule has 1 fully saturated rings. The zero-order valence-electron chi connectivity index (χ0n) is 10.7. The smallest absolute Gasteiger partial charge is 0.295 e. The molecular formula is C12H7F3N2O4S. The number of rotatable bonds is 1. The van der Waals surface area contributed by atoms with Gasteiger partial charge in [-0.25, -0.2) is 0 Å². The van der Waals surface area contributed by atoms with Crippen molar-refractivity contribution in [1.29, 1.82) is 0 Å². The Hall–Kier alpha value is -2.23. The number of thiophene rings is 1. The Bertz CT molecular complexity index is 724. The van der Waals surface area contributed by atoms with Crippen molar-refractivity contribution in [1.82, 2.24) is 10.2 Å². The average Bonchev–Trinajstić information content (AvgIpc) is 2.93. The van der Waals surface area contributed by atoms with Crippen LogP contribution in [0.3, 0.4) is 0 Å². The van der Waals surface area contributed by atoms with Gasteiger partial charge in [0.1, 0.15) is 10.9 Å². The summed E-state index contributed by atoms with van der Waals surface area (Å²) in [4.78, 5) is 46.5. The molecular weight excluding hydrogens is 325 g/mol. The lowest BCUT2D eigenvalue weighted by Crippen LogP contribution is -2.54. The van der Waals surface area contributed by atoms with Crippen molar-refractivity contribution >= 4 is 35.0 Å². The molecule has 3 heterocycles. The van der Waals surface area contributed by atoms with Gasteiger partial charge in [0, 0.05) is 11.8 Å². The van der Waals surface area contributed by atoms with Crippen molar-refractivity contribution in [2.24, 2.45) is 0 Å². The third-order valence-electron chi connectivity index (χ3n) is 3.45. The Balaban J connectivity index is 1.99. The minimum Gasteiger partial charge on any atom is -0.295 e. The van der Waals surface area contributed by atoms with Crippen LogP contribution in [0.5, 0.6) is 0 Å². The zero-order valence-corrected chi connectivity index (χ0v) is 11.5. The van der Waals surface area contributed by atoms with Crippen LogP contribution in [-0.2, 0) is 15.8 Å². The maximum Gasteiger partial charge on any atom is 0.426 e. The number of carbonyl (C=O) groups excluding carboxylic acids is 4. The molecule has 22 heavy (non-hydrogen) atoms. The standard InChI is InChI=1S/C12H7F3N2O4S/c13-12(14,15)8-7-4(3-22-8)10(20)17(11(7)21)5-1-2-6(18)16-9(5)19/h3,5H,1-2H2,(H,16,18,19). The Morgan fingerprint density at radius 1 is 1.18 bits per heavy atom. The van der Waals surface area contributed by atoms with E-state index in [1.807, 2.05) is 5.32 Å². The lowest BCUT2D eigenvalue weighted by Gasteiger charge is -2.28. The van der Waals surface area contributed by atoms with E-state index in [0.29, 0.717) is 4.90 Å². The summed E-state index contributed by atoms with van der Waals surface area (Å²) in [5, 5.41) is 2.93. The number of hydrogen-bond donors (Lipinski definition) is 1. The van der Waals surface area contributed by atoms with Crippen LogP contribution in [0.1, 0.15) is 38.4 Å². The van der Waals surface area contributed by atoms with Crippen LogP contribution in [0.4, 0.5) is 13.2 Å². The molecule has 0 aromatic carbocycles. The van der Waals surface area contributed by atoms with Gasteiger partial charge in [-0.1, -0.05) is 0 Å². The van der Waals surface area contributed by atoms with E-state index in [-0.39, 0.29) is 29.7 Å². The molecule has 0 spiro atoms. The molecule has 0 aliphatic carbocycles. The minimum absolute atomic E-state index is 0.0908.